The molecule has 0 aliphatic carbocycles. The zero-order valence-electron chi connectivity index (χ0n) is 23.6. The molecule has 17 heteroatoms. The predicted octanol–water partition coefficient (Wildman–Crippen LogP) is 13.8. The minimum absolute atomic E-state index is 0.248. The molecule has 5 aromatic carbocycles. The van der Waals surface area contributed by atoms with E-state index in [1.54, 1.807) is 66.7 Å². The number of benzene rings is 5. The fraction of sp³-hybridized carbons (Fsp3) is 0. The number of halogens is 8. The van der Waals surface area contributed by atoms with Gasteiger partial charge in [0.15, 0.2) is 41.7 Å². The van der Waals surface area contributed by atoms with Crippen LogP contribution < -0.4 is 19.2 Å². The van der Waals surface area contributed by atoms with Crippen LogP contribution in [-0.4, -0.2) is 5.78 Å². The van der Waals surface area contributed by atoms with Crippen molar-refractivity contribution in [1.82, 2.24) is 0 Å². The van der Waals surface area contributed by atoms with E-state index >= 15 is 0 Å². The quantitative estimate of drug-likeness (QED) is 0.0319. The smallest absolute Gasteiger partial charge is 0.194 e. The molecule has 2 N–H and O–H groups in total. The van der Waals surface area contributed by atoms with Gasteiger partial charge in [0.2, 0.25) is 0 Å². The Morgan fingerprint density at radius 2 is 1.02 bits per heavy atom. The lowest BCUT2D eigenvalue weighted by Crippen LogP contribution is -2.03. The first kappa shape index (κ1) is 38.7. The topological polar surface area (TPSA) is 78.1 Å². The van der Waals surface area contributed by atoms with E-state index in [1.807, 2.05) is 12.1 Å². The molecule has 0 saturated carbocycles. The minimum atomic E-state index is -0.296. The molecule has 5 rings (SSSR count). The number of hydrogen-bond donors (Lipinski definition) is 2. The summed E-state index contributed by atoms with van der Waals surface area (Å²) in [7, 11) is 0. The standard InChI is InChI=1S/C19H10Cl5NO3S.C12H8Cl3NO2S/c20-11-1-4-18(17(24)8-11)27-28-29-25-14-2-3-15(16(23)9-14)19(26)10-5-12(21)7-13(22)6-10;13-8-2-1-3-10(6-8)16-19-18-17-12-5-4-9(14)7-11(12)15/h1-9,25H;1-7,16H. The van der Waals surface area contributed by atoms with E-state index in [0.717, 1.165) is 30.1 Å². The summed E-state index contributed by atoms with van der Waals surface area (Å²) in [6, 6.07) is 26.2. The second-order valence-corrected chi connectivity index (χ2v) is 13.4. The molecular weight excluding hydrogens is 828 g/mol. The van der Waals surface area contributed by atoms with Crippen LogP contribution in [0.2, 0.25) is 40.2 Å². The van der Waals surface area contributed by atoms with Crippen LogP contribution in [0.25, 0.3) is 0 Å². The van der Waals surface area contributed by atoms with Crippen LogP contribution in [0.1, 0.15) is 15.9 Å². The van der Waals surface area contributed by atoms with Crippen molar-refractivity contribution in [2.45, 2.75) is 0 Å². The molecule has 0 unspecified atom stereocenters. The summed E-state index contributed by atoms with van der Waals surface area (Å²) in [6.45, 7) is 0. The molecular formula is C31H18Cl8N2O5S2. The van der Waals surface area contributed by atoms with Crippen molar-refractivity contribution in [2.24, 2.45) is 0 Å². The van der Waals surface area contributed by atoms with Crippen molar-refractivity contribution in [3.05, 3.63) is 148 Å². The SMILES string of the molecule is Clc1cccc(NSOOc2ccc(Cl)cc2Cl)c1.O=C(c1cc(Cl)cc(Cl)c1)c1ccc(NSOOc2ccc(Cl)cc2Cl)cc1Cl. The lowest BCUT2D eigenvalue weighted by atomic mass is 10.0. The third kappa shape index (κ3) is 12.4. The van der Waals surface area contributed by atoms with Gasteiger partial charge in [0.05, 0.1) is 15.1 Å². The van der Waals surface area contributed by atoms with E-state index in [0.29, 0.717) is 63.5 Å². The third-order valence-corrected chi connectivity index (χ3v) is 8.54. The fourth-order valence-electron chi connectivity index (χ4n) is 3.48. The number of carbonyl (C=O) groups excluding carboxylic acids is 1. The Bertz CT molecular complexity index is 1870. The van der Waals surface area contributed by atoms with Crippen molar-refractivity contribution in [1.29, 1.82) is 0 Å². The molecule has 0 aromatic heterocycles. The first-order chi connectivity index (χ1) is 23.0. The van der Waals surface area contributed by atoms with E-state index in [9.17, 15) is 4.79 Å². The van der Waals surface area contributed by atoms with Crippen molar-refractivity contribution < 1.29 is 23.2 Å². The van der Waals surface area contributed by atoms with Gasteiger partial charge in [0.1, 0.15) is 0 Å². The Balaban J connectivity index is 0.000000237. The minimum Gasteiger partial charge on any atom is -0.322 e. The van der Waals surface area contributed by atoms with Gasteiger partial charge in [-0.2, -0.15) is 0 Å². The number of carbonyl (C=O) groups is 1. The molecule has 7 nitrogen and oxygen atoms in total. The molecule has 0 amide bonds. The van der Waals surface area contributed by atoms with Gasteiger partial charge in [0, 0.05) is 47.6 Å². The average molecular weight is 846 g/mol. The summed E-state index contributed by atoms with van der Waals surface area (Å²) in [5, 5.41) is 3.31. The number of hydrogen-bond acceptors (Lipinski definition) is 9. The van der Waals surface area contributed by atoms with Crippen LogP contribution in [-0.2, 0) is 8.67 Å². The Labute approximate surface area is 324 Å². The van der Waals surface area contributed by atoms with Gasteiger partial charge in [-0.05, 0) is 91.0 Å². The van der Waals surface area contributed by atoms with Crippen molar-refractivity contribution in [3.63, 3.8) is 0 Å². The van der Waals surface area contributed by atoms with Gasteiger partial charge in [-0.1, -0.05) is 108 Å². The molecule has 0 spiro atoms. The molecule has 48 heavy (non-hydrogen) atoms. The molecule has 0 bridgehead atoms. The molecule has 0 aliphatic heterocycles. The van der Waals surface area contributed by atoms with Crippen LogP contribution in [0, 0.1) is 0 Å². The van der Waals surface area contributed by atoms with Crippen molar-refractivity contribution in [3.8, 4) is 11.5 Å². The second kappa shape index (κ2) is 19.3. The Morgan fingerprint density at radius 3 is 1.52 bits per heavy atom. The van der Waals surface area contributed by atoms with Crippen LogP contribution >= 0.6 is 117 Å². The van der Waals surface area contributed by atoms with Crippen molar-refractivity contribution >= 4 is 134 Å². The highest BCUT2D eigenvalue weighted by Crippen LogP contribution is 2.31. The number of rotatable bonds is 12. The molecule has 0 fully saturated rings. The summed E-state index contributed by atoms with van der Waals surface area (Å²) in [5.41, 5.74) is 2.04. The maximum atomic E-state index is 12.7. The highest BCUT2D eigenvalue weighted by atomic mass is 35.5. The zero-order valence-corrected chi connectivity index (χ0v) is 31.3. The van der Waals surface area contributed by atoms with Crippen LogP contribution in [0.3, 0.4) is 0 Å². The highest BCUT2D eigenvalue weighted by molar-refractivity contribution is 7.96. The lowest BCUT2D eigenvalue weighted by Gasteiger charge is -2.09. The summed E-state index contributed by atoms with van der Waals surface area (Å²) in [5.74, 6) is 0.395. The number of anilines is 2. The van der Waals surface area contributed by atoms with Gasteiger partial charge in [-0.25, -0.2) is 0 Å². The van der Waals surface area contributed by atoms with Gasteiger partial charge in [-0.3, -0.25) is 4.79 Å². The van der Waals surface area contributed by atoms with Gasteiger partial charge in [-0.15, -0.1) is 0 Å². The van der Waals surface area contributed by atoms with E-state index in [2.05, 4.69) is 9.44 Å². The fourth-order valence-corrected chi connectivity index (χ4v) is 6.07. The molecule has 5 aromatic rings. The van der Waals surface area contributed by atoms with Gasteiger partial charge in [0.25, 0.3) is 0 Å². The average Bonchev–Trinajstić information content (AvgIpc) is 3.03. The molecule has 0 heterocycles. The van der Waals surface area contributed by atoms with Crippen LogP contribution in [0.5, 0.6) is 11.5 Å². The third-order valence-electron chi connectivity index (χ3n) is 5.59. The highest BCUT2D eigenvalue weighted by Gasteiger charge is 2.15. The predicted molar refractivity (Wildman–Crippen MR) is 202 cm³/mol. The molecule has 0 saturated heterocycles. The van der Waals surface area contributed by atoms with Crippen LogP contribution in [0.4, 0.5) is 11.4 Å². The first-order valence-corrected chi connectivity index (χ1v) is 17.5. The molecule has 250 valence electrons. The van der Waals surface area contributed by atoms with Gasteiger partial charge >= 0.3 is 0 Å². The molecule has 0 radical (unpaired) electrons. The zero-order chi connectivity index (χ0) is 34.6. The number of ketones is 1. The van der Waals surface area contributed by atoms with E-state index in [1.165, 1.54) is 18.2 Å². The maximum absolute atomic E-state index is 12.7. The summed E-state index contributed by atoms with van der Waals surface area (Å²) >= 11 is 49.2. The summed E-state index contributed by atoms with van der Waals surface area (Å²) < 4.78 is 15.7. The Hall–Kier alpha value is -2.09. The van der Waals surface area contributed by atoms with Crippen LogP contribution in [0.15, 0.2) is 97.1 Å². The molecule has 0 aliphatic rings. The largest absolute Gasteiger partial charge is 0.322 e. The Morgan fingerprint density at radius 1 is 0.500 bits per heavy atom. The van der Waals surface area contributed by atoms with Gasteiger partial charge < -0.3 is 19.2 Å². The summed E-state index contributed by atoms with van der Waals surface area (Å²) in [4.78, 5) is 22.8. The maximum Gasteiger partial charge on any atom is 0.194 e. The van der Waals surface area contributed by atoms with E-state index in [-0.39, 0.29) is 10.8 Å². The summed E-state index contributed by atoms with van der Waals surface area (Å²) in [6.07, 6.45) is 0. The molecule has 0 atom stereocenters. The van der Waals surface area contributed by atoms with E-state index in [4.69, 9.17) is 111 Å². The van der Waals surface area contributed by atoms with Crippen molar-refractivity contribution in [2.75, 3.05) is 9.44 Å². The van der Waals surface area contributed by atoms with E-state index < -0.39 is 0 Å². The first-order valence-electron chi connectivity index (χ1n) is 13.0. The monoisotopic (exact) mass is 842 g/mol. The second-order valence-electron chi connectivity index (χ2n) is 9.02. The number of nitrogens with one attached hydrogen (secondary N) is 2. The normalized spacial score (nSPS) is 10.5. The lowest BCUT2D eigenvalue weighted by molar-refractivity contribution is -0.0769. The Kier molecular flexibility index (Phi) is 15.6.